The summed E-state index contributed by atoms with van der Waals surface area (Å²) in [5, 5.41) is 14.0. The van der Waals surface area contributed by atoms with Crippen molar-refractivity contribution in [1.82, 2.24) is 15.2 Å². The molecule has 0 saturated carbocycles. The summed E-state index contributed by atoms with van der Waals surface area (Å²) in [7, 11) is 0. The number of thioether (sulfide) groups is 1. The molecule has 8 heteroatoms. The van der Waals surface area contributed by atoms with Gasteiger partial charge in [-0.1, -0.05) is 23.1 Å². The molecule has 0 aromatic carbocycles. The van der Waals surface area contributed by atoms with Crippen molar-refractivity contribution < 1.29 is 4.79 Å². The monoisotopic (exact) mass is 286 g/mol. The van der Waals surface area contributed by atoms with Crippen LogP contribution in [0.25, 0.3) is 0 Å². The molecule has 0 radical (unpaired) electrons. The Balaban J connectivity index is 1.70. The summed E-state index contributed by atoms with van der Waals surface area (Å²) >= 11 is 4.51. The van der Waals surface area contributed by atoms with Crippen molar-refractivity contribution in [3.8, 4) is 0 Å². The molecule has 5 nitrogen and oxygen atoms in total. The fraction of sp³-hybridized carbons (Fsp3) is 0.333. The van der Waals surface area contributed by atoms with E-state index >= 15 is 0 Å². The van der Waals surface area contributed by atoms with Crippen LogP contribution in [0, 0.1) is 6.92 Å². The lowest BCUT2D eigenvalue weighted by Crippen LogP contribution is -2.11. The summed E-state index contributed by atoms with van der Waals surface area (Å²) in [6.07, 6.45) is 2.11. The Kier molecular flexibility index (Phi) is 4.46. The molecule has 17 heavy (non-hydrogen) atoms. The van der Waals surface area contributed by atoms with E-state index in [1.54, 1.807) is 29.3 Å². The highest BCUT2D eigenvalue weighted by atomic mass is 32.2. The number of rotatable bonds is 5. The van der Waals surface area contributed by atoms with E-state index in [9.17, 15) is 4.79 Å². The van der Waals surface area contributed by atoms with E-state index in [4.69, 9.17) is 0 Å². The van der Waals surface area contributed by atoms with Crippen LogP contribution in [0.1, 0.15) is 11.4 Å². The van der Waals surface area contributed by atoms with E-state index in [0.717, 1.165) is 9.35 Å². The molecule has 0 bridgehead atoms. The highest BCUT2D eigenvalue weighted by Crippen LogP contribution is 2.22. The first-order chi connectivity index (χ1) is 8.24. The zero-order valence-electron chi connectivity index (χ0n) is 9.04. The van der Waals surface area contributed by atoms with Gasteiger partial charge in [0.05, 0.1) is 0 Å². The number of aryl methyl sites for hydroxylation is 1. The molecule has 2 rings (SSSR count). The topological polar surface area (TPSA) is 67.8 Å². The predicted molar refractivity (Wildman–Crippen MR) is 70.7 cm³/mol. The summed E-state index contributed by atoms with van der Waals surface area (Å²) in [6.45, 7) is 1.91. The van der Waals surface area contributed by atoms with Gasteiger partial charge < -0.3 is 5.32 Å². The maximum absolute atomic E-state index is 11.5. The Morgan fingerprint density at radius 3 is 3.06 bits per heavy atom. The highest BCUT2D eigenvalue weighted by Gasteiger charge is 2.06. The van der Waals surface area contributed by atoms with Crippen molar-refractivity contribution in [3.63, 3.8) is 0 Å². The van der Waals surface area contributed by atoms with E-state index in [1.807, 2.05) is 12.3 Å². The van der Waals surface area contributed by atoms with Crippen LogP contribution in [0.3, 0.4) is 0 Å². The molecular weight excluding hydrogens is 276 g/mol. The molecule has 0 aliphatic heterocycles. The van der Waals surface area contributed by atoms with Gasteiger partial charge >= 0.3 is 0 Å². The molecule has 2 aromatic rings. The molecule has 2 aromatic heterocycles. The molecule has 0 spiro atoms. The summed E-state index contributed by atoms with van der Waals surface area (Å²) in [5.74, 6) is 0.681. The van der Waals surface area contributed by atoms with Crippen LogP contribution >= 0.6 is 34.4 Å². The molecule has 0 aliphatic rings. The van der Waals surface area contributed by atoms with Crippen molar-refractivity contribution in [2.75, 3.05) is 11.1 Å². The van der Waals surface area contributed by atoms with Gasteiger partial charge in [-0.3, -0.25) is 4.79 Å². The fourth-order valence-electron chi connectivity index (χ4n) is 1.03. The minimum Gasteiger partial charge on any atom is -0.302 e. The van der Waals surface area contributed by atoms with Crippen LogP contribution in [0.15, 0.2) is 15.9 Å². The second-order valence-electron chi connectivity index (χ2n) is 3.07. The lowest BCUT2D eigenvalue weighted by molar-refractivity contribution is -0.115. The molecular formula is C9H10N4OS3. The average molecular weight is 286 g/mol. The first-order valence-corrected chi connectivity index (χ1v) is 7.54. The van der Waals surface area contributed by atoms with Gasteiger partial charge in [0, 0.05) is 23.8 Å². The van der Waals surface area contributed by atoms with Crippen molar-refractivity contribution in [1.29, 1.82) is 0 Å². The van der Waals surface area contributed by atoms with E-state index in [-0.39, 0.29) is 5.91 Å². The second kappa shape index (κ2) is 6.08. The van der Waals surface area contributed by atoms with Gasteiger partial charge in [0.1, 0.15) is 5.01 Å². The van der Waals surface area contributed by atoms with Crippen LogP contribution < -0.4 is 5.32 Å². The number of hydrogen-bond donors (Lipinski definition) is 1. The van der Waals surface area contributed by atoms with Gasteiger partial charge in [-0.15, -0.1) is 21.5 Å². The summed E-state index contributed by atoms with van der Waals surface area (Å²) < 4.78 is 0.907. The standard InChI is InChI=1S/C9H10N4OS3/c1-6-12-13-9(17-6)16-4-2-7(14)11-8-10-3-5-15-8/h3,5H,2,4H2,1H3,(H,10,11,14). The number of aromatic nitrogens is 3. The smallest absolute Gasteiger partial charge is 0.226 e. The third-order valence-corrected chi connectivity index (χ3v) is 4.40. The maximum atomic E-state index is 11.5. The molecule has 0 aliphatic carbocycles. The number of hydrogen-bond acceptors (Lipinski definition) is 7. The number of amides is 1. The number of nitrogens with one attached hydrogen (secondary N) is 1. The molecule has 0 atom stereocenters. The molecule has 0 fully saturated rings. The van der Waals surface area contributed by atoms with Crippen LogP contribution in [0.4, 0.5) is 5.13 Å². The van der Waals surface area contributed by atoms with E-state index in [0.29, 0.717) is 17.3 Å². The normalized spacial score (nSPS) is 10.4. The first-order valence-electron chi connectivity index (χ1n) is 4.86. The number of carbonyl (C=O) groups excluding carboxylic acids is 1. The van der Waals surface area contributed by atoms with Gasteiger partial charge in [-0.05, 0) is 6.92 Å². The lowest BCUT2D eigenvalue weighted by Gasteiger charge is -1.99. The summed E-state index contributed by atoms with van der Waals surface area (Å²) in [6, 6.07) is 0. The first kappa shape index (κ1) is 12.5. The Morgan fingerprint density at radius 2 is 2.41 bits per heavy atom. The van der Waals surface area contributed by atoms with Crippen molar-refractivity contribution in [3.05, 3.63) is 16.6 Å². The average Bonchev–Trinajstić information content (AvgIpc) is 2.90. The van der Waals surface area contributed by atoms with Gasteiger partial charge in [0.25, 0.3) is 0 Å². The van der Waals surface area contributed by atoms with Crippen LogP contribution in [0.2, 0.25) is 0 Å². The number of thiazole rings is 1. The molecule has 2 heterocycles. The van der Waals surface area contributed by atoms with Crippen molar-refractivity contribution in [2.24, 2.45) is 0 Å². The Labute approximate surface area is 111 Å². The fourth-order valence-corrected chi connectivity index (χ4v) is 3.40. The molecule has 0 unspecified atom stereocenters. The van der Waals surface area contributed by atoms with E-state index < -0.39 is 0 Å². The van der Waals surface area contributed by atoms with Crippen molar-refractivity contribution >= 4 is 45.5 Å². The zero-order chi connectivity index (χ0) is 12.1. The largest absolute Gasteiger partial charge is 0.302 e. The Hall–Kier alpha value is -0.990. The lowest BCUT2D eigenvalue weighted by atomic mass is 10.5. The molecule has 1 amide bonds. The number of carbonyl (C=O) groups is 1. The molecule has 90 valence electrons. The molecule has 1 N–H and O–H groups in total. The van der Waals surface area contributed by atoms with Gasteiger partial charge in [-0.25, -0.2) is 4.98 Å². The minimum absolute atomic E-state index is 0.0197. The predicted octanol–water partition coefficient (Wildman–Crippen LogP) is 2.42. The van der Waals surface area contributed by atoms with Gasteiger partial charge in [0.2, 0.25) is 5.91 Å². The maximum Gasteiger partial charge on any atom is 0.226 e. The summed E-state index contributed by atoms with van der Waals surface area (Å²) in [4.78, 5) is 15.5. The Morgan fingerprint density at radius 1 is 1.53 bits per heavy atom. The third kappa shape index (κ3) is 4.06. The highest BCUT2D eigenvalue weighted by molar-refractivity contribution is 8.01. The van der Waals surface area contributed by atoms with Crippen LogP contribution in [0.5, 0.6) is 0 Å². The number of anilines is 1. The van der Waals surface area contributed by atoms with Gasteiger partial charge in [0.15, 0.2) is 9.47 Å². The second-order valence-corrected chi connectivity index (χ2v) is 6.49. The van der Waals surface area contributed by atoms with Crippen LogP contribution in [-0.4, -0.2) is 26.8 Å². The Bertz CT molecular complexity index is 482. The SMILES string of the molecule is Cc1nnc(SCCC(=O)Nc2nccs2)s1. The third-order valence-electron chi connectivity index (χ3n) is 1.74. The quantitative estimate of drug-likeness (QED) is 0.855. The minimum atomic E-state index is -0.0197. The van der Waals surface area contributed by atoms with Gasteiger partial charge in [-0.2, -0.15) is 0 Å². The van der Waals surface area contributed by atoms with E-state index in [1.165, 1.54) is 11.3 Å². The molecule has 0 saturated heterocycles. The van der Waals surface area contributed by atoms with E-state index in [2.05, 4.69) is 20.5 Å². The van der Waals surface area contributed by atoms with Crippen molar-refractivity contribution in [2.45, 2.75) is 17.7 Å². The summed E-state index contributed by atoms with van der Waals surface area (Å²) in [5.41, 5.74) is 0. The number of nitrogens with zero attached hydrogens (tertiary/aromatic N) is 3. The van der Waals surface area contributed by atoms with Crippen LogP contribution in [-0.2, 0) is 4.79 Å². The zero-order valence-corrected chi connectivity index (χ0v) is 11.5.